The minimum Gasteiger partial charge on any atom is -0.466 e. The molecular formula is C13H15NO7. The van der Waals surface area contributed by atoms with Crippen molar-refractivity contribution in [3.8, 4) is 0 Å². The van der Waals surface area contributed by atoms with E-state index in [2.05, 4.69) is 4.74 Å². The molecule has 2 atom stereocenters. The molecule has 0 fully saturated rings. The maximum atomic E-state index is 11.2. The van der Waals surface area contributed by atoms with E-state index in [0.29, 0.717) is 6.29 Å². The Morgan fingerprint density at radius 1 is 1.43 bits per heavy atom. The third kappa shape index (κ3) is 4.62. The molecule has 8 nitrogen and oxygen atoms in total. The topological polar surface area (TPSA) is 127 Å². The average molecular weight is 297 g/mol. The molecule has 114 valence electrons. The summed E-state index contributed by atoms with van der Waals surface area (Å²) in [6.45, 7) is 1.73. The minimum atomic E-state index is -1.55. The van der Waals surface area contributed by atoms with Crippen molar-refractivity contribution in [2.75, 3.05) is 6.61 Å². The first-order chi connectivity index (χ1) is 9.88. The Morgan fingerprint density at radius 3 is 2.62 bits per heavy atom. The van der Waals surface area contributed by atoms with Gasteiger partial charge in [0, 0.05) is 17.7 Å². The number of nitro benzene ring substituents is 1. The second-order valence-corrected chi connectivity index (χ2v) is 4.25. The molecule has 0 radical (unpaired) electrons. The number of nitro groups is 1. The summed E-state index contributed by atoms with van der Waals surface area (Å²) in [6.07, 6.45) is -3.12. The third-order valence-electron chi connectivity index (χ3n) is 2.70. The van der Waals surface area contributed by atoms with E-state index in [1.165, 1.54) is 6.07 Å². The molecule has 0 spiro atoms. The van der Waals surface area contributed by atoms with Crippen LogP contribution in [0.3, 0.4) is 0 Å². The first-order valence-corrected chi connectivity index (χ1v) is 6.15. The number of aliphatic hydroxyl groups excluding tert-OH is 2. The normalized spacial score (nSPS) is 13.3. The predicted octanol–water partition coefficient (Wildman–Crippen LogP) is 0.755. The van der Waals surface area contributed by atoms with Gasteiger partial charge in [0.15, 0.2) is 0 Å². The van der Waals surface area contributed by atoms with Crippen LogP contribution in [-0.4, -0.2) is 40.1 Å². The Kier molecular flexibility index (Phi) is 5.94. The molecule has 2 N–H and O–H groups in total. The zero-order valence-electron chi connectivity index (χ0n) is 11.3. The van der Waals surface area contributed by atoms with Crippen LogP contribution >= 0.6 is 0 Å². The van der Waals surface area contributed by atoms with Gasteiger partial charge in [0.05, 0.1) is 24.1 Å². The molecule has 1 rings (SSSR count). The molecule has 2 unspecified atom stereocenters. The quantitative estimate of drug-likeness (QED) is 0.329. The fraction of sp³-hybridized carbons (Fsp3) is 0.385. The first-order valence-electron chi connectivity index (χ1n) is 6.15. The molecule has 0 aliphatic rings. The Labute approximate surface area is 120 Å². The van der Waals surface area contributed by atoms with Crippen LogP contribution in [0.5, 0.6) is 0 Å². The molecule has 0 aliphatic carbocycles. The van der Waals surface area contributed by atoms with Gasteiger partial charge in [-0.2, -0.15) is 0 Å². The smallest absolute Gasteiger partial charge is 0.308 e. The van der Waals surface area contributed by atoms with Crippen molar-refractivity contribution in [3.63, 3.8) is 0 Å². The Morgan fingerprint density at radius 2 is 2.10 bits per heavy atom. The molecule has 8 heteroatoms. The van der Waals surface area contributed by atoms with Crippen molar-refractivity contribution < 1.29 is 29.5 Å². The maximum absolute atomic E-state index is 11.2. The van der Waals surface area contributed by atoms with Gasteiger partial charge in [0.2, 0.25) is 0 Å². The zero-order valence-corrected chi connectivity index (χ0v) is 11.3. The van der Waals surface area contributed by atoms with E-state index in [0.717, 1.165) is 12.1 Å². The van der Waals surface area contributed by atoms with Crippen LogP contribution in [0.1, 0.15) is 35.4 Å². The van der Waals surface area contributed by atoms with E-state index in [4.69, 9.17) is 0 Å². The number of rotatable bonds is 7. The number of non-ortho nitro benzene ring substituents is 1. The number of benzene rings is 1. The summed E-state index contributed by atoms with van der Waals surface area (Å²) in [7, 11) is 0. The van der Waals surface area contributed by atoms with Gasteiger partial charge in [0.1, 0.15) is 12.4 Å². The van der Waals surface area contributed by atoms with E-state index in [-0.39, 0.29) is 17.7 Å². The lowest BCUT2D eigenvalue weighted by Gasteiger charge is -2.17. The Balaban J connectivity index is 2.97. The summed E-state index contributed by atoms with van der Waals surface area (Å²) in [5.41, 5.74) is -0.429. The van der Waals surface area contributed by atoms with Gasteiger partial charge in [0.25, 0.3) is 5.69 Å². The average Bonchev–Trinajstić information content (AvgIpc) is 2.45. The number of carbonyl (C=O) groups excluding carboxylic acids is 2. The van der Waals surface area contributed by atoms with Gasteiger partial charge < -0.3 is 14.9 Å². The van der Waals surface area contributed by atoms with E-state index in [1.54, 1.807) is 6.92 Å². The molecule has 0 saturated carbocycles. The minimum absolute atomic E-state index is 0.0124. The SMILES string of the molecule is CCOC(=O)CC(O)C(O)c1cc(C=O)cc([N+](=O)[O-])c1. The summed E-state index contributed by atoms with van der Waals surface area (Å²) >= 11 is 0. The molecule has 21 heavy (non-hydrogen) atoms. The number of esters is 1. The lowest BCUT2D eigenvalue weighted by atomic mass is 9.99. The van der Waals surface area contributed by atoms with Gasteiger partial charge >= 0.3 is 5.97 Å². The number of aldehydes is 1. The maximum Gasteiger partial charge on any atom is 0.308 e. The van der Waals surface area contributed by atoms with Gasteiger partial charge in [-0.15, -0.1) is 0 Å². The number of ether oxygens (including phenoxy) is 1. The highest BCUT2D eigenvalue weighted by Crippen LogP contribution is 2.25. The molecule has 0 heterocycles. The van der Waals surface area contributed by atoms with Crippen LogP contribution < -0.4 is 0 Å². The van der Waals surface area contributed by atoms with Crippen molar-refractivity contribution in [3.05, 3.63) is 39.4 Å². The van der Waals surface area contributed by atoms with Gasteiger partial charge in [-0.3, -0.25) is 19.7 Å². The second-order valence-electron chi connectivity index (χ2n) is 4.25. The van der Waals surface area contributed by atoms with E-state index in [1.807, 2.05) is 0 Å². The molecule has 0 aromatic heterocycles. The molecule has 0 saturated heterocycles. The lowest BCUT2D eigenvalue weighted by Crippen LogP contribution is -2.23. The van der Waals surface area contributed by atoms with Crippen molar-refractivity contribution in [2.45, 2.75) is 25.6 Å². The fourth-order valence-corrected chi connectivity index (χ4v) is 1.73. The van der Waals surface area contributed by atoms with Crippen molar-refractivity contribution >= 4 is 17.9 Å². The third-order valence-corrected chi connectivity index (χ3v) is 2.70. The number of nitrogens with zero attached hydrogens (tertiary/aromatic N) is 1. The fourth-order valence-electron chi connectivity index (χ4n) is 1.73. The highest BCUT2D eigenvalue weighted by Gasteiger charge is 2.24. The van der Waals surface area contributed by atoms with Gasteiger partial charge in [-0.05, 0) is 18.6 Å². The number of hydrogen-bond donors (Lipinski definition) is 2. The molecular weight excluding hydrogens is 282 g/mol. The number of carbonyl (C=O) groups is 2. The van der Waals surface area contributed by atoms with Crippen LogP contribution in [0.2, 0.25) is 0 Å². The van der Waals surface area contributed by atoms with Gasteiger partial charge in [-0.1, -0.05) is 0 Å². The van der Waals surface area contributed by atoms with Crippen LogP contribution in [0.4, 0.5) is 5.69 Å². The van der Waals surface area contributed by atoms with Gasteiger partial charge in [-0.25, -0.2) is 0 Å². The summed E-state index contributed by atoms with van der Waals surface area (Å²) in [6, 6.07) is 3.28. The monoisotopic (exact) mass is 297 g/mol. The standard InChI is InChI=1S/C13H15NO7/c1-2-21-12(17)6-11(16)13(18)9-3-8(7-15)4-10(5-9)14(19)20/h3-5,7,11,13,16,18H,2,6H2,1H3. The zero-order chi connectivity index (χ0) is 16.0. The van der Waals surface area contributed by atoms with Crippen molar-refractivity contribution in [1.82, 2.24) is 0 Å². The Bertz CT molecular complexity index is 543. The van der Waals surface area contributed by atoms with Crippen LogP contribution in [0.15, 0.2) is 18.2 Å². The van der Waals surface area contributed by atoms with E-state index < -0.39 is 35.2 Å². The number of aliphatic hydroxyl groups is 2. The molecule has 0 aliphatic heterocycles. The molecule has 1 aromatic carbocycles. The van der Waals surface area contributed by atoms with Crippen molar-refractivity contribution in [1.29, 1.82) is 0 Å². The van der Waals surface area contributed by atoms with Crippen LogP contribution in [-0.2, 0) is 9.53 Å². The summed E-state index contributed by atoms with van der Waals surface area (Å²) in [5, 5.41) is 30.4. The molecule has 1 aromatic rings. The second kappa shape index (κ2) is 7.46. The summed E-state index contributed by atoms with van der Waals surface area (Å²) < 4.78 is 4.63. The largest absolute Gasteiger partial charge is 0.466 e. The van der Waals surface area contributed by atoms with Crippen LogP contribution in [0, 0.1) is 10.1 Å². The number of hydrogen-bond acceptors (Lipinski definition) is 7. The Hall–Kier alpha value is -2.32. The first kappa shape index (κ1) is 16.7. The highest BCUT2D eigenvalue weighted by molar-refractivity contribution is 5.76. The highest BCUT2D eigenvalue weighted by atomic mass is 16.6. The summed E-state index contributed by atoms with van der Waals surface area (Å²) in [4.78, 5) is 32.0. The summed E-state index contributed by atoms with van der Waals surface area (Å²) in [5.74, 6) is -0.704. The lowest BCUT2D eigenvalue weighted by molar-refractivity contribution is -0.385. The molecule has 0 amide bonds. The van der Waals surface area contributed by atoms with Crippen LogP contribution in [0.25, 0.3) is 0 Å². The molecule has 0 bridgehead atoms. The van der Waals surface area contributed by atoms with E-state index in [9.17, 15) is 29.9 Å². The van der Waals surface area contributed by atoms with Crippen molar-refractivity contribution in [2.24, 2.45) is 0 Å². The predicted molar refractivity (Wildman–Crippen MR) is 70.7 cm³/mol. The van der Waals surface area contributed by atoms with E-state index >= 15 is 0 Å².